The second-order valence-electron chi connectivity index (χ2n) is 7.98. The van der Waals surface area contributed by atoms with Crippen LogP contribution in [0.1, 0.15) is 31.4 Å². The number of anilines is 2. The fourth-order valence-electron chi connectivity index (χ4n) is 3.49. The van der Waals surface area contributed by atoms with E-state index in [1.807, 2.05) is 0 Å². The summed E-state index contributed by atoms with van der Waals surface area (Å²) in [5.41, 5.74) is 1.70. The Morgan fingerprint density at radius 2 is 2.00 bits per heavy atom. The van der Waals surface area contributed by atoms with Crippen LogP contribution < -0.4 is 10.6 Å². The molecule has 1 fully saturated rings. The van der Waals surface area contributed by atoms with E-state index >= 15 is 0 Å². The van der Waals surface area contributed by atoms with Gasteiger partial charge >= 0.3 is 6.09 Å². The minimum Gasteiger partial charge on any atom is -0.441 e. The first kappa shape index (κ1) is 23.5. The zero-order chi connectivity index (χ0) is 24.5. The lowest BCUT2D eigenvalue weighted by atomic mass is 9.78. The summed E-state index contributed by atoms with van der Waals surface area (Å²) in [5.74, 6) is -2.31. The molecule has 4 N–H and O–H groups in total. The van der Waals surface area contributed by atoms with Crippen molar-refractivity contribution < 1.29 is 24.5 Å². The van der Waals surface area contributed by atoms with Crippen molar-refractivity contribution in [3.05, 3.63) is 47.4 Å². The first-order valence-electron chi connectivity index (χ1n) is 10.3. The van der Waals surface area contributed by atoms with Gasteiger partial charge in [-0.05, 0) is 25.1 Å². The van der Waals surface area contributed by atoms with Gasteiger partial charge in [0.1, 0.15) is 11.3 Å². The van der Waals surface area contributed by atoms with Crippen molar-refractivity contribution in [2.24, 2.45) is 13.0 Å². The zero-order valence-corrected chi connectivity index (χ0v) is 19.0. The normalized spacial score (nSPS) is 15.8. The van der Waals surface area contributed by atoms with Crippen molar-refractivity contribution in [2.45, 2.75) is 31.7 Å². The van der Waals surface area contributed by atoms with E-state index in [0.29, 0.717) is 22.6 Å². The summed E-state index contributed by atoms with van der Waals surface area (Å²) in [7, 11) is 1.60. The fraction of sp³-hybridized carbons (Fsp3) is 0.333. The summed E-state index contributed by atoms with van der Waals surface area (Å²) >= 11 is 6.06. The number of ether oxygens (including phenoxy) is 1. The lowest BCUT2D eigenvalue weighted by Crippen LogP contribution is -2.48. The summed E-state index contributed by atoms with van der Waals surface area (Å²) in [6.07, 6.45) is 1.55. The molecule has 2 amide bonds. The second kappa shape index (κ2) is 9.33. The molecule has 34 heavy (non-hydrogen) atoms. The highest BCUT2D eigenvalue weighted by atomic mass is 35.5. The highest BCUT2D eigenvalue weighted by Crippen LogP contribution is 2.36. The quantitative estimate of drug-likeness (QED) is 0.301. The van der Waals surface area contributed by atoms with Crippen LogP contribution in [0.15, 0.2) is 36.7 Å². The monoisotopic (exact) mass is 487 g/mol. The van der Waals surface area contributed by atoms with Gasteiger partial charge in [-0.1, -0.05) is 22.9 Å². The third kappa shape index (κ3) is 5.14. The molecule has 0 spiro atoms. The van der Waals surface area contributed by atoms with Crippen LogP contribution in [0.3, 0.4) is 0 Å². The zero-order valence-electron chi connectivity index (χ0n) is 18.3. The van der Waals surface area contributed by atoms with Gasteiger partial charge in [0.05, 0.1) is 17.6 Å². The summed E-state index contributed by atoms with van der Waals surface area (Å²) in [5, 5.41) is 32.3. The molecule has 3 aromatic heterocycles. The molecular formula is C21H22ClN7O5. The van der Waals surface area contributed by atoms with Crippen LogP contribution in [-0.2, 0) is 16.6 Å². The Balaban J connectivity index is 1.41. The number of carbonyl (C=O) groups is 2. The SMILES string of the molecule is C[C@@H](OC(=O)Nc1c(-c2ccc(NC(=O)C3CC(O)(O)C3)cn2)nnn1C)c1cccnc1Cl. The summed E-state index contributed by atoms with van der Waals surface area (Å²) in [6.45, 7) is 1.67. The molecular weight excluding hydrogens is 466 g/mol. The second-order valence-corrected chi connectivity index (χ2v) is 8.33. The van der Waals surface area contributed by atoms with Crippen molar-refractivity contribution in [3.8, 4) is 11.4 Å². The molecule has 13 heteroatoms. The van der Waals surface area contributed by atoms with Crippen molar-refractivity contribution in [3.63, 3.8) is 0 Å². The number of rotatable bonds is 6. The van der Waals surface area contributed by atoms with E-state index in [4.69, 9.17) is 16.3 Å². The number of nitrogens with one attached hydrogen (secondary N) is 2. The van der Waals surface area contributed by atoms with E-state index in [-0.39, 0.29) is 29.7 Å². The van der Waals surface area contributed by atoms with E-state index in [1.165, 1.54) is 17.1 Å². The van der Waals surface area contributed by atoms with Gasteiger partial charge in [0.15, 0.2) is 17.3 Å². The number of aliphatic hydroxyl groups is 2. The van der Waals surface area contributed by atoms with E-state index in [1.54, 1.807) is 38.2 Å². The molecule has 0 radical (unpaired) electrons. The van der Waals surface area contributed by atoms with Gasteiger partial charge < -0.3 is 20.3 Å². The van der Waals surface area contributed by atoms with Gasteiger partial charge in [0.2, 0.25) is 5.91 Å². The minimum absolute atomic E-state index is 0.0132. The Bertz CT molecular complexity index is 1210. The molecule has 178 valence electrons. The Kier molecular flexibility index (Phi) is 6.46. The van der Waals surface area contributed by atoms with Crippen LogP contribution in [0.2, 0.25) is 5.15 Å². The smallest absolute Gasteiger partial charge is 0.413 e. The predicted molar refractivity (Wildman–Crippen MR) is 121 cm³/mol. The fourth-order valence-corrected chi connectivity index (χ4v) is 3.76. The number of hydrogen-bond donors (Lipinski definition) is 4. The molecule has 0 unspecified atom stereocenters. The number of halogens is 1. The molecule has 3 aromatic rings. The maximum Gasteiger partial charge on any atom is 0.413 e. The first-order chi connectivity index (χ1) is 16.1. The van der Waals surface area contributed by atoms with Gasteiger partial charge in [0.25, 0.3) is 0 Å². The Labute approximate surface area is 198 Å². The maximum atomic E-state index is 12.5. The minimum atomic E-state index is -1.78. The number of aryl methyl sites for hydroxylation is 1. The highest BCUT2D eigenvalue weighted by Gasteiger charge is 2.44. The number of pyridine rings is 2. The van der Waals surface area contributed by atoms with Crippen molar-refractivity contribution in [2.75, 3.05) is 10.6 Å². The Morgan fingerprint density at radius 3 is 2.65 bits per heavy atom. The average molecular weight is 488 g/mol. The van der Waals surface area contributed by atoms with Crippen molar-refractivity contribution in [1.82, 2.24) is 25.0 Å². The van der Waals surface area contributed by atoms with E-state index in [2.05, 4.69) is 30.9 Å². The molecule has 1 saturated carbocycles. The summed E-state index contributed by atoms with van der Waals surface area (Å²) in [4.78, 5) is 32.9. The van der Waals surface area contributed by atoms with Crippen LogP contribution in [0.4, 0.5) is 16.3 Å². The molecule has 0 bridgehead atoms. The standard InChI is InChI=1S/C21H22ClN7O5/c1-11(14-4-3-7-23-17(14)22)34-20(31)26-18-16(27-28-29(18)2)15-6-5-13(10-24-15)25-19(30)12-8-21(32,33)9-12/h3-7,10-12,32-33H,8-9H2,1-2H3,(H,25,30)(H,26,31)/t11-/m1/s1. The molecule has 0 aromatic carbocycles. The third-order valence-electron chi connectivity index (χ3n) is 5.35. The molecule has 4 rings (SSSR count). The molecule has 12 nitrogen and oxygen atoms in total. The number of hydrogen-bond acceptors (Lipinski definition) is 9. The number of amides is 2. The lowest BCUT2D eigenvalue weighted by Gasteiger charge is -2.37. The largest absolute Gasteiger partial charge is 0.441 e. The molecule has 1 atom stereocenters. The first-order valence-corrected chi connectivity index (χ1v) is 10.7. The molecule has 1 aliphatic carbocycles. The van der Waals surface area contributed by atoms with E-state index < -0.39 is 23.9 Å². The number of nitrogens with zero attached hydrogens (tertiary/aromatic N) is 5. The highest BCUT2D eigenvalue weighted by molar-refractivity contribution is 6.30. The predicted octanol–water partition coefficient (Wildman–Crippen LogP) is 2.26. The van der Waals surface area contributed by atoms with Crippen LogP contribution >= 0.6 is 11.6 Å². The molecule has 0 saturated heterocycles. The van der Waals surface area contributed by atoms with E-state index in [0.717, 1.165) is 0 Å². The molecule has 0 aliphatic heterocycles. The summed E-state index contributed by atoms with van der Waals surface area (Å²) < 4.78 is 6.77. The average Bonchev–Trinajstić information content (AvgIpc) is 3.12. The van der Waals surface area contributed by atoms with Crippen LogP contribution in [-0.4, -0.2) is 53.0 Å². The van der Waals surface area contributed by atoms with Gasteiger partial charge in [-0.3, -0.25) is 15.1 Å². The van der Waals surface area contributed by atoms with Gasteiger partial charge in [-0.15, -0.1) is 5.10 Å². The molecule has 1 aliphatic rings. The maximum absolute atomic E-state index is 12.5. The van der Waals surface area contributed by atoms with Crippen molar-refractivity contribution >= 4 is 35.1 Å². The van der Waals surface area contributed by atoms with Crippen LogP contribution in [0.5, 0.6) is 0 Å². The lowest BCUT2D eigenvalue weighted by molar-refractivity contribution is -0.232. The van der Waals surface area contributed by atoms with Crippen molar-refractivity contribution in [1.29, 1.82) is 0 Å². The summed E-state index contributed by atoms with van der Waals surface area (Å²) in [6, 6.07) is 6.63. The van der Waals surface area contributed by atoms with E-state index in [9.17, 15) is 19.8 Å². The van der Waals surface area contributed by atoms with Crippen LogP contribution in [0, 0.1) is 5.92 Å². The van der Waals surface area contributed by atoms with Gasteiger partial charge in [0, 0.05) is 37.6 Å². The Hall–Kier alpha value is -3.61. The van der Waals surface area contributed by atoms with Gasteiger partial charge in [-0.25, -0.2) is 14.5 Å². The van der Waals surface area contributed by atoms with Gasteiger partial charge in [-0.2, -0.15) is 0 Å². The van der Waals surface area contributed by atoms with Crippen LogP contribution in [0.25, 0.3) is 11.4 Å². The Morgan fingerprint density at radius 1 is 1.24 bits per heavy atom. The third-order valence-corrected chi connectivity index (χ3v) is 5.66. The molecule has 3 heterocycles. The number of carbonyl (C=O) groups excluding carboxylic acids is 2. The number of aromatic nitrogens is 5. The topological polar surface area (TPSA) is 164 Å².